The number of ether oxygens (including phenoxy) is 2. The molecule has 2 aliphatic rings. The van der Waals surface area contributed by atoms with Gasteiger partial charge in [0.05, 0.1) is 58.8 Å². The van der Waals surface area contributed by atoms with Gasteiger partial charge < -0.3 is 14.8 Å². The summed E-state index contributed by atoms with van der Waals surface area (Å²) in [5.74, 6) is 1.01. The van der Waals surface area contributed by atoms with Crippen molar-refractivity contribution in [2.75, 3.05) is 31.6 Å². The first-order valence-corrected chi connectivity index (χ1v) is 16.6. The van der Waals surface area contributed by atoms with Crippen LogP contribution in [0.25, 0.3) is 10.9 Å². The molecule has 0 unspecified atom stereocenters. The summed E-state index contributed by atoms with van der Waals surface area (Å²) in [6.45, 7) is 11.1. The Balaban J connectivity index is 1.15. The lowest BCUT2D eigenvalue weighted by Gasteiger charge is -2.41. The highest BCUT2D eigenvalue weighted by Gasteiger charge is 2.35. The SMILES string of the molecule is Cc1cc(CC(=O)Nc2cnn(C(C)(C)C)c2)ccc1Oc1ccnc2ccc(S(=O)(=O)C3CCN(C4COC4)CC3)cc12. The summed E-state index contributed by atoms with van der Waals surface area (Å²) in [5.41, 5.74) is 2.84. The number of amides is 1. The third-order valence-electron chi connectivity index (χ3n) is 8.43. The second-order valence-electron chi connectivity index (χ2n) is 12.7. The van der Waals surface area contributed by atoms with Crippen molar-refractivity contribution in [3.63, 3.8) is 0 Å². The fourth-order valence-corrected chi connectivity index (χ4v) is 7.50. The van der Waals surface area contributed by atoms with Gasteiger partial charge in [0.2, 0.25) is 5.91 Å². The van der Waals surface area contributed by atoms with Gasteiger partial charge in [-0.2, -0.15) is 5.10 Å². The van der Waals surface area contributed by atoms with Gasteiger partial charge in [-0.15, -0.1) is 0 Å². The van der Waals surface area contributed by atoms with E-state index in [0.29, 0.717) is 51.9 Å². The van der Waals surface area contributed by atoms with E-state index in [9.17, 15) is 13.2 Å². The van der Waals surface area contributed by atoms with Gasteiger partial charge in [0.25, 0.3) is 0 Å². The number of hydrogen-bond donors (Lipinski definition) is 1. The molecule has 2 aromatic carbocycles. The molecule has 6 rings (SSSR count). The number of nitrogens with one attached hydrogen (secondary N) is 1. The Morgan fingerprint density at radius 3 is 2.50 bits per heavy atom. The minimum absolute atomic E-state index is 0.136. The summed E-state index contributed by atoms with van der Waals surface area (Å²) in [6.07, 6.45) is 6.55. The summed E-state index contributed by atoms with van der Waals surface area (Å²) in [6, 6.07) is 12.9. The molecule has 2 aromatic heterocycles. The number of aryl methyl sites for hydroxylation is 1. The first-order valence-electron chi connectivity index (χ1n) is 15.0. The molecular weight excluding hydrogens is 578 g/mol. The first kappa shape index (κ1) is 30.2. The number of pyridine rings is 1. The predicted molar refractivity (Wildman–Crippen MR) is 169 cm³/mol. The lowest BCUT2D eigenvalue weighted by atomic mass is 10.1. The molecule has 2 fully saturated rings. The van der Waals surface area contributed by atoms with Crippen LogP contribution in [0.2, 0.25) is 0 Å². The minimum atomic E-state index is -3.52. The average Bonchev–Trinajstić information content (AvgIpc) is 3.43. The maximum absolute atomic E-state index is 13.7. The molecule has 44 heavy (non-hydrogen) atoms. The van der Waals surface area contributed by atoms with E-state index in [1.807, 2.05) is 56.8 Å². The highest BCUT2D eigenvalue weighted by Crippen LogP contribution is 2.34. The zero-order valence-electron chi connectivity index (χ0n) is 25.6. The molecule has 1 amide bonds. The Morgan fingerprint density at radius 1 is 1.07 bits per heavy atom. The summed E-state index contributed by atoms with van der Waals surface area (Å²) in [5, 5.41) is 7.46. The topological polar surface area (TPSA) is 116 Å². The third kappa shape index (κ3) is 6.36. The average molecular weight is 618 g/mol. The van der Waals surface area contributed by atoms with Gasteiger partial charge >= 0.3 is 0 Å². The first-order chi connectivity index (χ1) is 21.0. The standard InChI is InChI=1S/C33H39N5O5S/c1-22-15-23(16-32(39)36-24-18-35-38(19-24)33(2,3)4)5-8-30(22)43-31-9-12-34-29-7-6-27(17-28(29)31)44(40,41)26-10-13-37(14-11-26)25-20-42-21-25/h5-9,12,15,17-19,25-26H,10-11,13-14,16,20-21H2,1-4H3,(H,36,39). The van der Waals surface area contributed by atoms with Crippen LogP contribution in [0.5, 0.6) is 11.5 Å². The van der Waals surface area contributed by atoms with Crippen LogP contribution in [0.4, 0.5) is 5.69 Å². The van der Waals surface area contributed by atoms with Gasteiger partial charge in [0.1, 0.15) is 11.5 Å². The van der Waals surface area contributed by atoms with Crippen molar-refractivity contribution < 1.29 is 22.7 Å². The number of nitrogens with zero attached hydrogens (tertiary/aromatic N) is 4. The van der Waals surface area contributed by atoms with Crippen LogP contribution in [0.1, 0.15) is 44.7 Å². The molecule has 0 spiro atoms. The van der Waals surface area contributed by atoms with Crippen LogP contribution in [0, 0.1) is 6.92 Å². The molecular formula is C33H39N5O5S. The molecule has 0 atom stereocenters. The number of anilines is 1. The number of hydrogen-bond acceptors (Lipinski definition) is 8. The van der Waals surface area contributed by atoms with Crippen LogP contribution < -0.4 is 10.1 Å². The molecule has 1 N–H and O–H groups in total. The zero-order valence-corrected chi connectivity index (χ0v) is 26.4. The Bertz CT molecular complexity index is 1780. The van der Waals surface area contributed by atoms with Crippen LogP contribution in [-0.2, 0) is 31.3 Å². The number of carbonyl (C=O) groups excluding carboxylic acids is 1. The van der Waals surface area contributed by atoms with E-state index in [0.717, 1.165) is 37.4 Å². The van der Waals surface area contributed by atoms with Gasteiger partial charge in [0.15, 0.2) is 9.84 Å². The molecule has 0 bridgehead atoms. The fourth-order valence-electron chi connectivity index (χ4n) is 5.74. The van der Waals surface area contributed by atoms with Gasteiger partial charge in [-0.05, 0) is 95.1 Å². The van der Waals surface area contributed by atoms with E-state index in [-0.39, 0.29) is 17.9 Å². The van der Waals surface area contributed by atoms with Crippen molar-refractivity contribution >= 4 is 32.3 Å². The maximum Gasteiger partial charge on any atom is 0.228 e. The van der Waals surface area contributed by atoms with Gasteiger partial charge in [-0.3, -0.25) is 19.4 Å². The monoisotopic (exact) mass is 617 g/mol. The summed E-state index contributed by atoms with van der Waals surface area (Å²) in [7, 11) is -3.52. The van der Waals surface area contributed by atoms with Crippen LogP contribution in [-0.4, -0.2) is 71.6 Å². The Morgan fingerprint density at radius 2 is 1.84 bits per heavy atom. The van der Waals surface area contributed by atoms with Crippen molar-refractivity contribution in [1.29, 1.82) is 0 Å². The van der Waals surface area contributed by atoms with Crippen molar-refractivity contribution in [3.05, 3.63) is 72.2 Å². The van der Waals surface area contributed by atoms with E-state index < -0.39 is 15.1 Å². The summed E-state index contributed by atoms with van der Waals surface area (Å²) in [4.78, 5) is 19.8. The van der Waals surface area contributed by atoms with Gasteiger partial charge in [0, 0.05) is 17.8 Å². The van der Waals surface area contributed by atoms with E-state index in [1.165, 1.54) is 0 Å². The predicted octanol–water partition coefficient (Wildman–Crippen LogP) is 5.11. The molecule has 0 aliphatic carbocycles. The second kappa shape index (κ2) is 11.9. The van der Waals surface area contributed by atoms with Gasteiger partial charge in [-0.1, -0.05) is 12.1 Å². The number of aromatic nitrogens is 3. The van der Waals surface area contributed by atoms with Crippen LogP contribution in [0.3, 0.4) is 0 Å². The van der Waals surface area contributed by atoms with Crippen LogP contribution >= 0.6 is 0 Å². The van der Waals surface area contributed by atoms with Crippen molar-refractivity contribution in [3.8, 4) is 11.5 Å². The van der Waals surface area contributed by atoms with E-state index in [4.69, 9.17) is 9.47 Å². The molecule has 11 heteroatoms. The molecule has 4 aromatic rings. The number of likely N-dealkylation sites (tertiary alicyclic amines) is 1. The molecule has 0 saturated carbocycles. The smallest absolute Gasteiger partial charge is 0.228 e. The highest BCUT2D eigenvalue weighted by atomic mass is 32.2. The van der Waals surface area contributed by atoms with E-state index >= 15 is 0 Å². The molecule has 2 aliphatic heterocycles. The normalized spacial score (nSPS) is 17.0. The summed E-state index contributed by atoms with van der Waals surface area (Å²) >= 11 is 0. The largest absolute Gasteiger partial charge is 0.456 e. The van der Waals surface area contributed by atoms with E-state index in [2.05, 4.69) is 20.3 Å². The number of sulfone groups is 1. The van der Waals surface area contributed by atoms with E-state index in [1.54, 1.807) is 36.7 Å². The number of fused-ring (bicyclic) bond motifs is 1. The molecule has 10 nitrogen and oxygen atoms in total. The Hall–Kier alpha value is -3.80. The maximum atomic E-state index is 13.7. The summed E-state index contributed by atoms with van der Waals surface area (Å²) < 4.78 is 40.8. The number of benzene rings is 2. The van der Waals surface area contributed by atoms with Gasteiger partial charge in [-0.25, -0.2) is 8.42 Å². The Kier molecular flexibility index (Phi) is 8.21. The Labute approximate surface area is 258 Å². The highest BCUT2D eigenvalue weighted by molar-refractivity contribution is 7.92. The number of rotatable bonds is 8. The molecule has 2 saturated heterocycles. The van der Waals surface area contributed by atoms with Crippen molar-refractivity contribution in [2.45, 2.75) is 68.7 Å². The fraction of sp³-hybridized carbons (Fsp3) is 0.424. The quantitative estimate of drug-likeness (QED) is 0.290. The minimum Gasteiger partial charge on any atom is -0.456 e. The van der Waals surface area contributed by atoms with Crippen molar-refractivity contribution in [2.24, 2.45) is 0 Å². The molecule has 0 radical (unpaired) electrons. The lowest BCUT2D eigenvalue weighted by molar-refractivity contribution is -0.115. The third-order valence-corrected chi connectivity index (χ3v) is 10.7. The lowest BCUT2D eigenvalue weighted by Crippen LogP contribution is -2.53. The number of piperidine rings is 1. The number of carbonyl (C=O) groups is 1. The van der Waals surface area contributed by atoms with Crippen molar-refractivity contribution in [1.82, 2.24) is 19.7 Å². The molecule has 4 heterocycles. The second-order valence-corrected chi connectivity index (χ2v) is 15.0. The van der Waals surface area contributed by atoms with Crippen LogP contribution in [0.15, 0.2) is 66.0 Å². The zero-order chi connectivity index (χ0) is 31.1. The molecule has 232 valence electrons.